The van der Waals surface area contributed by atoms with Gasteiger partial charge in [0.2, 0.25) is 0 Å². The molecule has 1 aromatic carbocycles. The SMILES string of the molecule is O=C(NCC1CC2CCN1CC2CN1CCSCC1)Nc1ccccc1. The number of para-hydroxylation sites is 1. The minimum Gasteiger partial charge on any atom is -0.336 e. The van der Waals surface area contributed by atoms with Crippen LogP contribution in [0.15, 0.2) is 30.3 Å². The van der Waals surface area contributed by atoms with Crippen LogP contribution in [-0.4, -0.2) is 72.6 Å². The first-order valence-electron chi connectivity index (χ1n) is 9.92. The maximum absolute atomic E-state index is 12.1. The van der Waals surface area contributed by atoms with Crippen LogP contribution < -0.4 is 10.6 Å². The van der Waals surface area contributed by atoms with Gasteiger partial charge in [0.05, 0.1) is 0 Å². The first kappa shape index (κ1) is 18.1. The Morgan fingerprint density at radius 3 is 2.69 bits per heavy atom. The first-order valence-corrected chi connectivity index (χ1v) is 11.1. The highest BCUT2D eigenvalue weighted by Gasteiger charge is 2.40. The largest absolute Gasteiger partial charge is 0.336 e. The highest BCUT2D eigenvalue weighted by molar-refractivity contribution is 7.99. The molecule has 2 N–H and O–H groups in total. The van der Waals surface area contributed by atoms with Crippen LogP contribution in [0.25, 0.3) is 0 Å². The number of rotatable bonds is 5. The van der Waals surface area contributed by atoms with Crippen LogP contribution in [-0.2, 0) is 0 Å². The minimum absolute atomic E-state index is 0.0961. The predicted molar refractivity (Wildman–Crippen MR) is 109 cm³/mol. The highest BCUT2D eigenvalue weighted by atomic mass is 32.2. The summed E-state index contributed by atoms with van der Waals surface area (Å²) in [7, 11) is 0. The number of urea groups is 1. The summed E-state index contributed by atoms with van der Waals surface area (Å²) < 4.78 is 0. The van der Waals surface area contributed by atoms with Crippen molar-refractivity contribution in [2.45, 2.75) is 18.9 Å². The molecule has 6 heteroatoms. The summed E-state index contributed by atoms with van der Waals surface area (Å²) in [6.07, 6.45) is 2.57. The van der Waals surface area contributed by atoms with Crippen molar-refractivity contribution in [3.8, 4) is 0 Å². The molecular formula is C20H30N4OS. The second kappa shape index (κ2) is 8.63. The number of anilines is 1. The molecule has 142 valence electrons. The molecule has 0 radical (unpaired) electrons. The second-order valence-corrected chi connectivity index (χ2v) is 9.03. The molecule has 4 aliphatic heterocycles. The molecule has 4 aliphatic rings. The number of hydrogen-bond acceptors (Lipinski definition) is 4. The normalized spacial score (nSPS) is 31.5. The Morgan fingerprint density at radius 2 is 1.96 bits per heavy atom. The van der Waals surface area contributed by atoms with E-state index in [2.05, 4.69) is 32.2 Å². The van der Waals surface area contributed by atoms with Gasteiger partial charge >= 0.3 is 6.03 Å². The van der Waals surface area contributed by atoms with Crippen molar-refractivity contribution in [3.05, 3.63) is 30.3 Å². The van der Waals surface area contributed by atoms with Crippen molar-refractivity contribution in [1.82, 2.24) is 15.1 Å². The van der Waals surface area contributed by atoms with E-state index in [4.69, 9.17) is 0 Å². The summed E-state index contributed by atoms with van der Waals surface area (Å²) >= 11 is 2.09. The number of piperidine rings is 3. The van der Waals surface area contributed by atoms with Gasteiger partial charge in [0, 0.05) is 56.0 Å². The number of benzene rings is 1. The van der Waals surface area contributed by atoms with Gasteiger partial charge in [-0.05, 0) is 43.4 Å². The molecule has 4 heterocycles. The Balaban J connectivity index is 1.23. The maximum Gasteiger partial charge on any atom is 0.319 e. The van der Waals surface area contributed by atoms with E-state index in [9.17, 15) is 4.79 Å². The number of amides is 2. The minimum atomic E-state index is -0.0961. The Morgan fingerprint density at radius 1 is 1.15 bits per heavy atom. The highest BCUT2D eigenvalue weighted by Crippen LogP contribution is 2.36. The van der Waals surface area contributed by atoms with Crippen LogP contribution in [0.1, 0.15) is 12.8 Å². The van der Waals surface area contributed by atoms with E-state index < -0.39 is 0 Å². The average molecular weight is 375 g/mol. The molecule has 0 spiro atoms. The lowest BCUT2D eigenvalue weighted by atomic mass is 9.75. The lowest BCUT2D eigenvalue weighted by Crippen LogP contribution is -2.59. The van der Waals surface area contributed by atoms with Crippen LogP contribution in [0.5, 0.6) is 0 Å². The zero-order valence-corrected chi connectivity index (χ0v) is 16.2. The van der Waals surface area contributed by atoms with Crippen LogP contribution in [0.2, 0.25) is 0 Å². The van der Waals surface area contributed by atoms with Gasteiger partial charge in [0.1, 0.15) is 0 Å². The van der Waals surface area contributed by atoms with Gasteiger partial charge in [0.15, 0.2) is 0 Å². The van der Waals surface area contributed by atoms with Gasteiger partial charge in [-0.2, -0.15) is 11.8 Å². The summed E-state index contributed by atoms with van der Waals surface area (Å²) in [6, 6.07) is 10.1. The molecule has 4 atom stereocenters. The molecule has 1 aromatic rings. The zero-order valence-electron chi connectivity index (χ0n) is 15.4. The zero-order chi connectivity index (χ0) is 17.8. The van der Waals surface area contributed by atoms with E-state index in [0.717, 1.165) is 24.1 Å². The number of carbonyl (C=O) groups excluding carboxylic acids is 1. The van der Waals surface area contributed by atoms with Gasteiger partial charge in [-0.3, -0.25) is 4.90 Å². The van der Waals surface area contributed by atoms with Crippen molar-refractivity contribution in [1.29, 1.82) is 0 Å². The number of hydrogen-bond donors (Lipinski definition) is 2. The molecule has 5 rings (SSSR count). The summed E-state index contributed by atoms with van der Waals surface area (Å²) in [6.45, 7) is 6.96. The fourth-order valence-electron chi connectivity index (χ4n) is 4.69. The molecule has 5 nitrogen and oxygen atoms in total. The molecule has 2 bridgehead atoms. The molecule has 0 aliphatic carbocycles. The van der Waals surface area contributed by atoms with Crippen LogP contribution in [0.3, 0.4) is 0 Å². The third-order valence-corrected chi connectivity index (χ3v) is 7.08. The number of carbonyl (C=O) groups is 1. The van der Waals surface area contributed by atoms with Crippen LogP contribution in [0.4, 0.5) is 10.5 Å². The van der Waals surface area contributed by atoms with Crippen LogP contribution >= 0.6 is 11.8 Å². The van der Waals surface area contributed by atoms with Crippen molar-refractivity contribution in [2.75, 3.05) is 56.1 Å². The van der Waals surface area contributed by atoms with Gasteiger partial charge < -0.3 is 15.5 Å². The summed E-state index contributed by atoms with van der Waals surface area (Å²) in [5, 5.41) is 5.99. The van der Waals surface area contributed by atoms with E-state index in [0.29, 0.717) is 6.04 Å². The Bertz CT molecular complexity index is 593. The average Bonchev–Trinajstić information content (AvgIpc) is 2.69. The fraction of sp³-hybridized carbons (Fsp3) is 0.650. The van der Waals surface area contributed by atoms with Crippen molar-refractivity contribution in [2.24, 2.45) is 11.8 Å². The van der Waals surface area contributed by atoms with E-state index in [1.807, 2.05) is 30.3 Å². The molecule has 2 amide bonds. The second-order valence-electron chi connectivity index (χ2n) is 7.81. The van der Waals surface area contributed by atoms with E-state index in [1.165, 1.54) is 57.1 Å². The lowest BCUT2D eigenvalue weighted by Gasteiger charge is -2.51. The van der Waals surface area contributed by atoms with Crippen molar-refractivity contribution >= 4 is 23.5 Å². The molecule has 0 saturated carbocycles. The maximum atomic E-state index is 12.1. The standard InChI is InChI=1S/C20H30N4OS/c25-20(22-18-4-2-1-3-5-18)21-13-19-12-16-6-7-24(19)15-17(16)14-23-8-10-26-11-9-23/h1-5,16-17,19H,6-15H2,(H2,21,22,25). The molecule has 0 aromatic heterocycles. The van der Waals surface area contributed by atoms with Gasteiger partial charge in [0.25, 0.3) is 0 Å². The summed E-state index contributed by atoms with van der Waals surface area (Å²) in [4.78, 5) is 17.4. The van der Waals surface area contributed by atoms with E-state index in [1.54, 1.807) is 0 Å². The van der Waals surface area contributed by atoms with Gasteiger partial charge in [-0.25, -0.2) is 4.79 Å². The van der Waals surface area contributed by atoms with Crippen molar-refractivity contribution in [3.63, 3.8) is 0 Å². The third kappa shape index (κ3) is 4.53. The molecule has 26 heavy (non-hydrogen) atoms. The first-order chi connectivity index (χ1) is 12.8. The topological polar surface area (TPSA) is 47.6 Å². The predicted octanol–water partition coefficient (Wildman–Crippen LogP) is 2.57. The molecule has 4 unspecified atom stereocenters. The van der Waals surface area contributed by atoms with Gasteiger partial charge in [-0.15, -0.1) is 0 Å². The fourth-order valence-corrected chi connectivity index (χ4v) is 5.67. The Hall–Kier alpha value is -1.24. The number of nitrogens with one attached hydrogen (secondary N) is 2. The Labute approximate surface area is 160 Å². The molecule has 4 fully saturated rings. The van der Waals surface area contributed by atoms with Crippen LogP contribution in [0, 0.1) is 11.8 Å². The smallest absolute Gasteiger partial charge is 0.319 e. The number of nitrogens with zero attached hydrogens (tertiary/aromatic N) is 2. The quantitative estimate of drug-likeness (QED) is 0.832. The number of thioether (sulfide) groups is 1. The van der Waals surface area contributed by atoms with Gasteiger partial charge in [-0.1, -0.05) is 18.2 Å². The van der Waals surface area contributed by atoms with E-state index in [-0.39, 0.29) is 6.03 Å². The van der Waals surface area contributed by atoms with Crippen molar-refractivity contribution < 1.29 is 4.79 Å². The number of fused-ring (bicyclic) bond motifs is 3. The molecular weight excluding hydrogens is 344 g/mol. The third-order valence-electron chi connectivity index (χ3n) is 6.14. The monoisotopic (exact) mass is 374 g/mol. The lowest BCUT2D eigenvalue weighted by molar-refractivity contribution is -0.00980. The molecule has 4 saturated heterocycles. The Kier molecular flexibility index (Phi) is 6.02. The summed E-state index contributed by atoms with van der Waals surface area (Å²) in [5.41, 5.74) is 0.843. The summed E-state index contributed by atoms with van der Waals surface area (Å²) in [5.74, 6) is 4.24. The van der Waals surface area contributed by atoms with E-state index >= 15 is 0 Å².